The van der Waals surface area contributed by atoms with E-state index >= 15 is 0 Å². The van der Waals surface area contributed by atoms with Gasteiger partial charge in [-0.25, -0.2) is 8.42 Å². The van der Waals surface area contributed by atoms with Gasteiger partial charge in [-0.05, 0) is 37.6 Å². The quantitative estimate of drug-likeness (QED) is 0.831. The molecule has 0 bridgehead atoms. The summed E-state index contributed by atoms with van der Waals surface area (Å²) < 4.78 is 34.2. The van der Waals surface area contributed by atoms with Crippen molar-refractivity contribution in [3.63, 3.8) is 0 Å². The normalized spacial score (nSPS) is 11.2. The van der Waals surface area contributed by atoms with Crippen LogP contribution in [0, 0.1) is 6.92 Å². The number of methoxy groups -OCH3 is 1. The van der Waals surface area contributed by atoms with Gasteiger partial charge >= 0.3 is 0 Å². The van der Waals surface area contributed by atoms with E-state index in [0.29, 0.717) is 17.3 Å². The molecule has 1 aromatic heterocycles. The Morgan fingerprint density at radius 1 is 1.30 bits per heavy atom. The van der Waals surface area contributed by atoms with Crippen molar-refractivity contribution in [2.24, 2.45) is 0 Å². The summed E-state index contributed by atoms with van der Waals surface area (Å²) in [5, 5.41) is 6.19. The molecule has 1 heterocycles. The van der Waals surface area contributed by atoms with Gasteiger partial charge in [-0.1, -0.05) is 5.16 Å². The number of rotatable bonds is 7. The summed E-state index contributed by atoms with van der Waals surface area (Å²) in [5.41, 5.74) is 0. The van der Waals surface area contributed by atoms with Crippen LogP contribution < -0.4 is 10.1 Å². The highest BCUT2D eigenvalue weighted by Crippen LogP contribution is 2.17. The highest BCUT2D eigenvalue weighted by molar-refractivity contribution is 7.91. The Hall–Kier alpha value is -2.35. The number of sulfone groups is 1. The van der Waals surface area contributed by atoms with E-state index in [4.69, 9.17) is 9.26 Å². The highest BCUT2D eigenvalue weighted by Gasteiger charge is 2.15. The molecular formula is C15H18N2O5S. The molecule has 0 saturated carbocycles. The van der Waals surface area contributed by atoms with Crippen LogP contribution in [-0.2, 0) is 14.6 Å². The topological polar surface area (TPSA) is 98.5 Å². The molecule has 0 aliphatic heterocycles. The Kier molecular flexibility index (Phi) is 5.38. The number of anilines is 1. The molecule has 0 fully saturated rings. The Labute approximate surface area is 134 Å². The van der Waals surface area contributed by atoms with E-state index in [9.17, 15) is 13.2 Å². The second-order valence-corrected chi connectivity index (χ2v) is 7.08. The second kappa shape index (κ2) is 7.28. The standard InChI is InChI=1S/C15H18N2O5S/c1-11-10-14(17-22-11)16-15(18)4-3-9-23(19,20)13-7-5-12(21-2)6-8-13/h5-8,10H,3-4,9H2,1-2H3,(H,16,17,18). The van der Waals surface area contributed by atoms with E-state index in [0.717, 1.165) is 0 Å². The van der Waals surface area contributed by atoms with Crippen molar-refractivity contribution in [2.75, 3.05) is 18.2 Å². The molecule has 23 heavy (non-hydrogen) atoms. The summed E-state index contributed by atoms with van der Waals surface area (Å²) in [5.74, 6) is 1.09. The van der Waals surface area contributed by atoms with Gasteiger partial charge in [0.1, 0.15) is 11.5 Å². The number of nitrogens with zero attached hydrogens (tertiary/aromatic N) is 1. The lowest BCUT2D eigenvalue weighted by molar-refractivity contribution is -0.116. The third-order valence-corrected chi connectivity index (χ3v) is 4.95. The van der Waals surface area contributed by atoms with Crippen LogP contribution >= 0.6 is 0 Å². The predicted molar refractivity (Wildman–Crippen MR) is 84.2 cm³/mol. The van der Waals surface area contributed by atoms with Crippen LogP contribution in [0.1, 0.15) is 18.6 Å². The number of carbonyl (C=O) groups excluding carboxylic acids is 1. The molecule has 1 N–H and O–H groups in total. The van der Waals surface area contributed by atoms with Crippen LogP contribution in [0.4, 0.5) is 5.82 Å². The number of hydrogen-bond acceptors (Lipinski definition) is 6. The maximum absolute atomic E-state index is 12.2. The minimum Gasteiger partial charge on any atom is -0.497 e. The van der Waals surface area contributed by atoms with Crippen LogP contribution in [0.2, 0.25) is 0 Å². The highest BCUT2D eigenvalue weighted by atomic mass is 32.2. The molecular weight excluding hydrogens is 320 g/mol. The number of aryl methyl sites for hydroxylation is 1. The van der Waals surface area contributed by atoms with Crippen molar-refractivity contribution in [2.45, 2.75) is 24.7 Å². The van der Waals surface area contributed by atoms with E-state index in [2.05, 4.69) is 10.5 Å². The third-order valence-electron chi connectivity index (χ3n) is 3.13. The molecule has 2 aromatic rings. The fourth-order valence-electron chi connectivity index (χ4n) is 1.95. The molecule has 124 valence electrons. The van der Waals surface area contributed by atoms with E-state index in [-0.39, 0.29) is 29.4 Å². The third kappa shape index (κ3) is 4.82. The summed E-state index contributed by atoms with van der Waals surface area (Å²) in [7, 11) is -1.91. The van der Waals surface area contributed by atoms with E-state index in [1.54, 1.807) is 25.1 Å². The fourth-order valence-corrected chi connectivity index (χ4v) is 3.27. The Morgan fingerprint density at radius 2 is 2.00 bits per heavy atom. The van der Waals surface area contributed by atoms with Gasteiger partial charge in [0, 0.05) is 12.5 Å². The van der Waals surface area contributed by atoms with E-state index in [1.807, 2.05) is 0 Å². The number of benzene rings is 1. The van der Waals surface area contributed by atoms with E-state index in [1.165, 1.54) is 19.2 Å². The lowest BCUT2D eigenvalue weighted by Gasteiger charge is -2.06. The minimum atomic E-state index is -3.42. The first-order valence-corrected chi connectivity index (χ1v) is 8.66. The zero-order valence-corrected chi connectivity index (χ0v) is 13.7. The van der Waals surface area contributed by atoms with Gasteiger partial charge in [-0.2, -0.15) is 0 Å². The SMILES string of the molecule is COc1ccc(S(=O)(=O)CCCC(=O)Nc2cc(C)on2)cc1. The summed E-state index contributed by atoms with van der Waals surface area (Å²) >= 11 is 0. The number of ether oxygens (including phenoxy) is 1. The van der Waals surface area contributed by atoms with Crippen molar-refractivity contribution in [3.05, 3.63) is 36.1 Å². The van der Waals surface area contributed by atoms with Crippen LogP contribution in [0.15, 0.2) is 39.8 Å². The first-order valence-electron chi connectivity index (χ1n) is 7.01. The first kappa shape index (κ1) is 17.0. The van der Waals surface area contributed by atoms with Gasteiger partial charge in [0.25, 0.3) is 0 Å². The van der Waals surface area contributed by atoms with E-state index < -0.39 is 9.84 Å². The fraction of sp³-hybridized carbons (Fsp3) is 0.333. The molecule has 1 amide bonds. The molecule has 0 atom stereocenters. The first-order chi connectivity index (χ1) is 10.9. The zero-order chi connectivity index (χ0) is 16.9. The van der Waals surface area contributed by atoms with Crippen LogP contribution in [0.5, 0.6) is 5.75 Å². The average molecular weight is 338 g/mol. The molecule has 0 aliphatic carbocycles. The van der Waals surface area contributed by atoms with Crippen LogP contribution in [0.25, 0.3) is 0 Å². The minimum absolute atomic E-state index is 0.0846. The van der Waals surface area contributed by atoms with Gasteiger partial charge in [-0.3, -0.25) is 4.79 Å². The lowest BCUT2D eigenvalue weighted by Crippen LogP contribution is -2.14. The summed E-state index contributed by atoms with van der Waals surface area (Å²) in [6.07, 6.45) is 0.304. The molecule has 7 nitrogen and oxygen atoms in total. The number of aromatic nitrogens is 1. The van der Waals surface area contributed by atoms with Gasteiger partial charge < -0.3 is 14.6 Å². The Morgan fingerprint density at radius 3 is 2.57 bits per heavy atom. The zero-order valence-electron chi connectivity index (χ0n) is 12.9. The summed E-state index contributed by atoms with van der Waals surface area (Å²) in [6, 6.07) is 7.75. The monoisotopic (exact) mass is 338 g/mol. The van der Waals surface area contributed by atoms with Gasteiger partial charge in [0.2, 0.25) is 5.91 Å². The lowest BCUT2D eigenvalue weighted by atomic mass is 10.3. The summed E-state index contributed by atoms with van der Waals surface area (Å²) in [4.78, 5) is 11.9. The van der Waals surface area contributed by atoms with Gasteiger partial charge in [-0.15, -0.1) is 0 Å². The number of nitrogens with one attached hydrogen (secondary N) is 1. The molecule has 1 aromatic carbocycles. The smallest absolute Gasteiger partial charge is 0.225 e. The number of amides is 1. The van der Waals surface area contributed by atoms with Crippen molar-refractivity contribution in [1.82, 2.24) is 5.16 Å². The maximum Gasteiger partial charge on any atom is 0.225 e. The van der Waals surface area contributed by atoms with Crippen LogP contribution in [0.3, 0.4) is 0 Å². The Bertz CT molecular complexity index is 765. The van der Waals surface area contributed by atoms with Gasteiger partial charge in [0.15, 0.2) is 15.7 Å². The van der Waals surface area contributed by atoms with Crippen LogP contribution in [-0.4, -0.2) is 32.3 Å². The van der Waals surface area contributed by atoms with Crippen molar-refractivity contribution < 1.29 is 22.5 Å². The molecule has 0 unspecified atom stereocenters. The number of hydrogen-bond donors (Lipinski definition) is 1. The summed E-state index contributed by atoms with van der Waals surface area (Å²) in [6.45, 7) is 1.71. The molecule has 2 rings (SSSR count). The van der Waals surface area contributed by atoms with Crippen molar-refractivity contribution in [1.29, 1.82) is 0 Å². The van der Waals surface area contributed by atoms with Gasteiger partial charge in [0.05, 0.1) is 17.8 Å². The largest absolute Gasteiger partial charge is 0.497 e. The molecule has 0 saturated heterocycles. The molecule has 0 radical (unpaired) electrons. The second-order valence-electron chi connectivity index (χ2n) is 4.97. The van der Waals surface area contributed by atoms with Crippen molar-refractivity contribution in [3.8, 4) is 5.75 Å². The number of carbonyl (C=O) groups is 1. The Balaban J connectivity index is 1.85. The molecule has 0 spiro atoms. The average Bonchev–Trinajstić information content (AvgIpc) is 2.92. The molecule has 0 aliphatic rings. The van der Waals surface area contributed by atoms with Crippen molar-refractivity contribution >= 4 is 21.6 Å². The molecule has 8 heteroatoms. The predicted octanol–water partition coefficient (Wildman–Crippen LogP) is 2.18. The maximum atomic E-state index is 12.2.